The van der Waals surface area contributed by atoms with Gasteiger partial charge in [-0.15, -0.1) is 0 Å². The number of piperidine rings is 1. The second kappa shape index (κ2) is 7.94. The molecule has 0 unspecified atom stereocenters. The number of carbonyl (C=O) groups excluding carboxylic acids is 1. The standard InChI is InChI=1S/C14H29N3O2S2/c1-13(2,3)11-19-12(18)15-14(10-16(4)5)6-8-17(21-20)9-7-14/h20H,6-11H2,1-5H3,(H,15,18). The molecule has 0 bridgehead atoms. The van der Waals surface area contributed by atoms with Gasteiger partial charge >= 0.3 is 6.09 Å². The molecule has 0 aliphatic carbocycles. The van der Waals surface area contributed by atoms with Crippen molar-refractivity contribution in [1.29, 1.82) is 0 Å². The van der Waals surface area contributed by atoms with Crippen molar-refractivity contribution in [2.75, 3.05) is 40.3 Å². The Bertz CT molecular complexity index is 338. The maximum absolute atomic E-state index is 12.1. The van der Waals surface area contributed by atoms with Gasteiger partial charge in [-0.05, 0) is 43.3 Å². The molecule has 21 heavy (non-hydrogen) atoms. The summed E-state index contributed by atoms with van der Waals surface area (Å²) in [6.45, 7) is 9.25. The molecule has 1 amide bonds. The normalized spacial score (nSPS) is 19.6. The molecule has 7 heteroatoms. The van der Waals surface area contributed by atoms with Gasteiger partial charge in [0.1, 0.15) is 0 Å². The molecule has 0 spiro atoms. The van der Waals surface area contributed by atoms with Crippen LogP contribution in [0.15, 0.2) is 0 Å². The third-order valence-electron chi connectivity index (χ3n) is 3.42. The van der Waals surface area contributed by atoms with E-state index < -0.39 is 0 Å². The fourth-order valence-electron chi connectivity index (χ4n) is 2.46. The Morgan fingerprint density at radius 1 is 1.38 bits per heavy atom. The highest BCUT2D eigenvalue weighted by atomic mass is 33.1. The summed E-state index contributed by atoms with van der Waals surface area (Å²) in [5.41, 5.74) is -0.226. The van der Waals surface area contributed by atoms with Crippen LogP contribution in [0.5, 0.6) is 0 Å². The Morgan fingerprint density at radius 3 is 2.38 bits per heavy atom. The lowest BCUT2D eigenvalue weighted by molar-refractivity contribution is 0.0826. The highest BCUT2D eigenvalue weighted by Crippen LogP contribution is 2.28. The number of carbonyl (C=O) groups is 1. The number of likely N-dealkylation sites (N-methyl/N-ethyl adjacent to an activating group) is 1. The van der Waals surface area contributed by atoms with Gasteiger partial charge in [-0.3, -0.25) is 0 Å². The van der Waals surface area contributed by atoms with Crippen molar-refractivity contribution in [2.24, 2.45) is 5.41 Å². The Balaban J connectivity index is 2.60. The van der Waals surface area contributed by atoms with E-state index in [4.69, 9.17) is 4.74 Å². The molecule has 5 nitrogen and oxygen atoms in total. The molecule has 1 heterocycles. The zero-order valence-electron chi connectivity index (χ0n) is 13.8. The van der Waals surface area contributed by atoms with Crippen LogP contribution in [-0.4, -0.2) is 61.2 Å². The number of amides is 1. The van der Waals surface area contributed by atoms with E-state index in [1.54, 1.807) is 0 Å². The van der Waals surface area contributed by atoms with E-state index in [9.17, 15) is 4.79 Å². The molecular weight excluding hydrogens is 306 g/mol. The van der Waals surface area contributed by atoms with Crippen LogP contribution in [0.25, 0.3) is 0 Å². The average molecular weight is 336 g/mol. The van der Waals surface area contributed by atoms with Gasteiger partial charge in [-0.2, -0.15) is 0 Å². The molecule has 0 atom stereocenters. The predicted molar refractivity (Wildman–Crippen MR) is 92.6 cm³/mol. The number of nitrogens with zero attached hydrogens (tertiary/aromatic N) is 2. The molecule has 0 radical (unpaired) electrons. The summed E-state index contributed by atoms with van der Waals surface area (Å²) in [6, 6.07) is 0. The highest BCUT2D eigenvalue weighted by Gasteiger charge is 2.37. The van der Waals surface area contributed by atoms with Crippen molar-refractivity contribution in [3.05, 3.63) is 0 Å². The minimum Gasteiger partial charge on any atom is -0.449 e. The van der Waals surface area contributed by atoms with Gasteiger partial charge < -0.3 is 15.0 Å². The maximum Gasteiger partial charge on any atom is 0.407 e. The zero-order valence-corrected chi connectivity index (χ0v) is 15.5. The molecular formula is C14H29N3O2S2. The molecule has 0 saturated carbocycles. The van der Waals surface area contributed by atoms with Crippen molar-refractivity contribution >= 4 is 28.7 Å². The Hall–Kier alpha value is -0.110. The van der Waals surface area contributed by atoms with Crippen molar-refractivity contribution in [3.63, 3.8) is 0 Å². The summed E-state index contributed by atoms with van der Waals surface area (Å²) < 4.78 is 7.57. The van der Waals surface area contributed by atoms with Gasteiger partial charge in [0, 0.05) is 19.6 Å². The SMILES string of the molecule is CN(C)CC1(NC(=O)OCC(C)(C)C)CCN(SS)CC1. The van der Waals surface area contributed by atoms with Gasteiger partial charge in [0.25, 0.3) is 0 Å². The second-order valence-corrected chi connectivity index (χ2v) is 8.46. The number of alkyl carbamates (subject to hydrolysis) is 1. The molecule has 1 saturated heterocycles. The first-order chi connectivity index (χ1) is 9.66. The summed E-state index contributed by atoms with van der Waals surface area (Å²) in [5, 5.41) is 3.12. The van der Waals surface area contributed by atoms with Crippen LogP contribution in [0, 0.1) is 5.41 Å². The van der Waals surface area contributed by atoms with Crippen LogP contribution in [-0.2, 0) is 4.74 Å². The topological polar surface area (TPSA) is 44.8 Å². The maximum atomic E-state index is 12.1. The molecule has 1 aliphatic heterocycles. The van der Waals surface area contributed by atoms with Crippen molar-refractivity contribution < 1.29 is 9.53 Å². The third-order valence-corrected chi connectivity index (χ3v) is 4.71. The van der Waals surface area contributed by atoms with Gasteiger partial charge in [0.05, 0.1) is 12.1 Å². The smallest absolute Gasteiger partial charge is 0.407 e. The molecule has 124 valence electrons. The summed E-state index contributed by atoms with van der Waals surface area (Å²) in [5.74, 6) is 0. The number of nitrogens with one attached hydrogen (secondary N) is 1. The molecule has 1 rings (SSSR count). The molecule has 1 fully saturated rings. The van der Waals surface area contributed by atoms with Gasteiger partial charge in [0.2, 0.25) is 0 Å². The van der Waals surface area contributed by atoms with E-state index in [0.717, 1.165) is 32.5 Å². The first-order valence-corrected chi connectivity index (χ1v) is 9.15. The van der Waals surface area contributed by atoms with Gasteiger partial charge in [0.15, 0.2) is 0 Å². The number of hydrogen-bond acceptors (Lipinski definition) is 6. The molecule has 0 aromatic carbocycles. The van der Waals surface area contributed by atoms with E-state index >= 15 is 0 Å². The first kappa shape index (κ1) is 18.9. The highest BCUT2D eigenvalue weighted by molar-refractivity contribution is 8.67. The first-order valence-electron chi connectivity index (χ1n) is 7.32. The number of ether oxygens (including phenoxy) is 1. The fourth-order valence-corrected chi connectivity index (χ4v) is 3.29. The Labute approximate surface area is 138 Å². The van der Waals surface area contributed by atoms with Crippen LogP contribution in [0.2, 0.25) is 0 Å². The van der Waals surface area contributed by atoms with Gasteiger partial charge in [-0.1, -0.05) is 32.4 Å². The third kappa shape index (κ3) is 7.13. The summed E-state index contributed by atoms with van der Waals surface area (Å²) >= 11 is 4.25. The van der Waals surface area contributed by atoms with Crippen molar-refractivity contribution in [3.8, 4) is 0 Å². The summed E-state index contributed by atoms with van der Waals surface area (Å²) in [4.78, 5) is 14.2. The van der Waals surface area contributed by atoms with E-state index in [-0.39, 0.29) is 17.0 Å². The van der Waals surface area contributed by atoms with Crippen LogP contribution >= 0.6 is 22.6 Å². The predicted octanol–water partition coefficient (Wildman–Crippen LogP) is 2.65. The minimum atomic E-state index is -0.307. The van der Waals surface area contributed by atoms with Crippen LogP contribution in [0.3, 0.4) is 0 Å². The summed E-state index contributed by atoms with van der Waals surface area (Å²) in [6.07, 6.45) is 1.51. The number of hydrogen-bond donors (Lipinski definition) is 2. The Morgan fingerprint density at radius 2 is 1.95 bits per heavy atom. The second-order valence-electron chi connectivity index (χ2n) is 7.29. The molecule has 0 aromatic rings. The van der Waals surface area contributed by atoms with E-state index in [1.807, 2.05) is 14.1 Å². The number of thiol groups is 1. The zero-order chi connectivity index (χ0) is 16.1. The monoisotopic (exact) mass is 335 g/mol. The molecule has 0 aromatic heterocycles. The Kier molecular flexibility index (Phi) is 7.16. The molecule has 1 N–H and O–H groups in total. The summed E-state index contributed by atoms with van der Waals surface area (Å²) in [7, 11) is 5.53. The van der Waals surface area contributed by atoms with Crippen LogP contribution in [0.4, 0.5) is 4.79 Å². The quantitative estimate of drug-likeness (QED) is 0.459. The fraction of sp³-hybridized carbons (Fsp3) is 0.929. The molecule has 1 aliphatic rings. The lowest BCUT2D eigenvalue weighted by atomic mass is 9.88. The van der Waals surface area contributed by atoms with Crippen molar-refractivity contribution in [2.45, 2.75) is 39.2 Å². The lowest BCUT2D eigenvalue weighted by Crippen LogP contribution is -2.59. The van der Waals surface area contributed by atoms with E-state index in [0.29, 0.717) is 6.61 Å². The minimum absolute atomic E-state index is 0.0158. The van der Waals surface area contributed by atoms with Crippen LogP contribution in [0.1, 0.15) is 33.6 Å². The lowest BCUT2D eigenvalue weighted by Gasteiger charge is -2.42. The average Bonchev–Trinajstić information content (AvgIpc) is 2.35. The van der Waals surface area contributed by atoms with E-state index in [2.05, 4.69) is 47.0 Å². The van der Waals surface area contributed by atoms with Crippen LogP contribution < -0.4 is 5.32 Å². The number of rotatable bonds is 5. The largest absolute Gasteiger partial charge is 0.449 e. The van der Waals surface area contributed by atoms with Crippen molar-refractivity contribution in [1.82, 2.24) is 14.5 Å². The van der Waals surface area contributed by atoms with E-state index in [1.165, 1.54) is 11.0 Å². The van der Waals surface area contributed by atoms with Gasteiger partial charge in [-0.25, -0.2) is 9.10 Å².